The second-order valence-electron chi connectivity index (χ2n) is 3.68. The van der Waals surface area contributed by atoms with E-state index in [1.807, 2.05) is 25.1 Å². The molecule has 0 heterocycles. The molecule has 0 fully saturated rings. The maximum absolute atomic E-state index is 8.71. The maximum atomic E-state index is 8.71. The topological polar surface area (TPSA) is 54.3 Å². The van der Waals surface area contributed by atoms with Gasteiger partial charge in [-0.05, 0) is 18.6 Å². The van der Waals surface area contributed by atoms with Crippen molar-refractivity contribution >= 4 is 5.69 Å². The van der Waals surface area contributed by atoms with Crippen LogP contribution in [0.25, 0.3) is 0 Å². The minimum Gasteiger partial charge on any atom is -0.497 e. The van der Waals surface area contributed by atoms with Crippen LogP contribution in [0.1, 0.15) is 19.8 Å². The summed E-state index contributed by atoms with van der Waals surface area (Å²) < 4.78 is 10.4. The smallest absolute Gasteiger partial charge is 0.145 e. The molecule has 1 unspecified atom stereocenters. The van der Waals surface area contributed by atoms with Crippen LogP contribution in [-0.4, -0.2) is 20.3 Å². The zero-order valence-electron chi connectivity index (χ0n) is 10.5. The third-order valence-corrected chi connectivity index (χ3v) is 2.60. The number of benzene rings is 1. The van der Waals surface area contributed by atoms with E-state index in [1.165, 1.54) is 0 Å². The fourth-order valence-electron chi connectivity index (χ4n) is 1.55. The molecule has 0 bridgehead atoms. The summed E-state index contributed by atoms with van der Waals surface area (Å²) in [4.78, 5) is 0. The van der Waals surface area contributed by atoms with Gasteiger partial charge >= 0.3 is 0 Å². The first-order valence-electron chi connectivity index (χ1n) is 5.60. The van der Waals surface area contributed by atoms with Crippen LogP contribution >= 0.6 is 0 Å². The summed E-state index contributed by atoms with van der Waals surface area (Å²) in [6, 6.07) is 7.90. The molecule has 17 heavy (non-hydrogen) atoms. The number of rotatable bonds is 6. The van der Waals surface area contributed by atoms with Gasteiger partial charge in [0.2, 0.25) is 0 Å². The van der Waals surface area contributed by atoms with Crippen molar-refractivity contribution in [2.45, 2.75) is 25.8 Å². The average Bonchev–Trinajstić information content (AvgIpc) is 2.38. The molecule has 0 aliphatic carbocycles. The third-order valence-electron chi connectivity index (χ3n) is 2.60. The van der Waals surface area contributed by atoms with Crippen LogP contribution < -0.4 is 14.8 Å². The van der Waals surface area contributed by atoms with Crippen molar-refractivity contribution in [2.75, 3.05) is 19.5 Å². The van der Waals surface area contributed by atoms with E-state index in [9.17, 15) is 0 Å². The van der Waals surface area contributed by atoms with Gasteiger partial charge in [0, 0.05) is 12.1 Å². The summed E-state index contributed by atoms with van der Waals surface area (Å²) in [6.45, 7) is 2.05. The Bertz CT molecular complexity index is 399. The number of nitriles is 1. The van der Waals surface area contributed by atoms with Crippen molar-refractivity contribution < 1.29 is 9.47 Å². The van der Waals surface area contributed by atoms with E-state index in [-0.39, 0.29) is 6.04 Å². The van der Waals surface area contributed by atoms with E-state index in [0.717, 1.165) is 23.6 Å². The van der Waals surface area contributed by atoms with Crippen molar-refractivity contribution in [1.29, 1.82) is 5.26 Å². The Balaban J connectivity index is 2.86. The lowest BCUT2D eigenvalue weighted by molar-refractivity contribution is 0.395. The van der Waals surface area contributed by atoms with Crippen LogP contribution in [0.3, 0.4) is 0 Å². The van der Waals surface area contributed by atoms with Crippen LogP contribution in [-0.2, 0) is 0 Å². The number of nitrogens with one attached hydrogen (secondary N) is 1. The highest BCUT2D eigenvalue weighted by Gasteiger charge is 2.10. The largest absolute Gasteiger partial charge is 0.497 e. The van der Waals surface area contributed by atoms with E-state index in [2.05, 4.69) is 11.4 Å². The van der Waals surface area contributed by atoms with Crippen molar-refractivity contribution in [3.63, 3.8) is 0 Å². The van der Waals surface area contributed by atoms with E-state index < -0.39 is 0 Å². The second kappa shape index (κ2) is 6.64. The molecule has 1 aromatic rings. The van der Waals surface area contributed by atoms with E-state index in [1.54, 1.807) is 14.2 Å². The summed E-state index contributed by atoms with van der Waals surface area (Å²) >= 11 is 0. The Hall–Kier alpha value is -1.89. The molecule has 1 rings (SSSR count). The normalized spacial score (nSPS) is 11.4. The molecule has 0 aliphatic heterocycles. The molecule has 0 radical (unpaired) electrons. The van der Waals surface area contributed by atoms with Crippen molar-refractivity contribution in [2.24, 2.45) is 0 Å². The number of anilines is 1. The van der Waals surface area contributed by atoms with Gasteiger partial charge in [0.15, 0.2) is 0 Å². The second-order valence-corrected chi connectivity index (χ2v) is 3.68. The standard InChI is InChI=1S/C13H18N2O2/c1-4-10(7-8-14)15-12-6-5-11(16-2)9-13(12)17-3/h5-6,9-10,15H,4,7H2,1-3H3. The molecule has 4 heteroatoms. The van der Waals surface area contributed by atoms with Gasteiger partial charge < -0.3 is 14.8 Å². The fraction of sp³-hybridized carbons (Fsp3) is 0.462. The van der Waals surface area contributed by atoms with E-state index in [4.69, 9.17) is 14.7 Å². The Labute approximate surface area is 102 Å². The van der Waals surface area contributed by atoms with Gasteiger partial charge in [-0.25, -0.2) is 0 Å². The summed E-state index contributed by atoms with van der Waals surface area (Å²) in [6.07, 6.45) is 1.37. The molecule has 0 saturated carbocycles. The van der Waals surface area contributed by atoms with Gasteiger partial charge in [-0.1, -0.05) is 6.92 Å². The lowest BCUT2D eigenvalue weighted by Gasteiger charge is -2.18. The Morgan fingerprint density at radius 3 is 2.65 bits per heavy atom. The van der Waals surface area contributed by atoms with Crippen molar-refractivity contribution in [1.82, 2.24) is 0 Å². The minimum absolute atomic E-state index is 0.141. The number of methoxy groups -OCH3 is 2. The molecule has 0 aliphatic rings. The first-order valence-corrected chi connectivity index (χ1v) is 5.60. The molecule has 0 saturated heterocycles. The lowest BCUT2D eigenvalue weighted by atomic mass is 10.1. The number of nitrogens with zero attached hydrogens (tertiary/aromatic N) is 1. The predicted molar refractivity (Wildman–Crippen MR) is 67.5 cm³/mol. The average molecular weight is 234 g/mol. The first kappa shape index (κ1) is 13.2. The molecule has 0 aromatic heterocycles. The van der Waals surface area contributed by atoms with Gasteiger partial charge in [-0.15, -0.1) is 0 Å². The third kappa shape index (κ3) is 3.56. The molecule has 1 atom stereocenters. The van der Waals surface area contributed by atoms with Crippen LogP contribution in [0.15, 0.2) is 18.2 Å². The van der Waals surface area contributed by atoms with Gasteiger partial charge in [-0.3, -0.25) is 0 Å². The summed E-state index contributed by atoms with van der Waals surface area (Å²) in [5.41, 5.74) is 0.885. The SMILES string of the molecule is CCC(CC#N)Nc1ccc(OC)cc1OC. The van der Waals surface area contributed by atoms with Crippen molar-refractivity contribution in [3.8, 4) is 17.6 Å². The highest BCUT2D eigenvalue weighted by Crippen LogP contribution is 2.30. The molecule has 4 nitrogen and oxygen atoms in total. The lowest BCUT2D eigenvalue weighted by Crippen LogP contribution is -2.18. The van der Waals surface area contributed by atoms with Crippen molar-refractivity contribution in [3.05, 3.63) is 18.2 Å². The van der Waals surface area contributed by atoms with Crippen LogP contribution in [0.5, 0.6) is 11.5 Å². The number of ether oxygens (including phenoxy) is 2. The molecule has 0 amide bonds. The molecular formula is C13H18N2O2. The van der Waals surface area contributed by atoms with E-state index in [0.29, 0.717) is 6.42 Å². The Morgan fingerprint density at radius 1 is 1.35 bits per heavy atom. The molecular weight excluding hydrogens is 216 g/mol. The Morgan fingerprint density at radius 2 is 2.12 bits per heavy atom. The highest BCUT2D eigenvalue weighted by molar-refractivity contribution is 5.59. The Kier molecular flexibility index (Phi) is 5.15. The van der Waals surface area contributed by atoms with Crippen LogP contribution in [0.4, 0.5) is 5.69 Å². The highest BCUT2D eigenvalue weighted by atomic mass is 16.5. The summed E-state index contributed by atoms with van der Waals surface area (Å²) in [7, 11) is 3.23. The summed E-state index contributed by atoms with van der Waals surface area (Å²) in [5.74, 6) is 1.47. The zero-order chi connectivity index (χ0) is 12.7. The summed E-state index contributed by atoms with van der Waals surface area (Å²) in [5, 5.41) is 12.0. The quantitative estimate of drug-likeness (QED) is 0.822. The van der Waals surface area contributed by atoms with Crippen LogP contribution in [0.2, 0.25) is 0 Å². The zero-order valence-corrected chi connectivity index (χ0v) is 10.5. The first-order chi connectivity index (χ1) is 8.24. The number of hydrogen-bond donors (Lipinski definition) is 1. The maximum Gasteiger partial charge on any atom is 0.145 e. The monoisotopic (exact) mass is 234 g/mol. The predicted octanol–water partition coefficient (Wildman–Crippen LogP) is 2.81. The molecule has 1 N–H and O–H groups in total. The van der Waals surface area contributed by atoms with Gasteiger partial charge in [0.05, 0.1) is 32.4 Å². The van der Waals surface area contributed by atoms with Gasteiger partial charge in [0.1, 0.15) is 11.5 Å². The minimum atomic E-state index is 0.141. The van der Waals surface area contributed by atoms with Crippen LogP contribution in [0, 0.1) is 11.3 Å². The van der Waals surface area contributed by atoms with Gasteiger partial charge in [0.25, 0.3) is 0 Å². The fourth-order valence-corrected chi connectivity index (χ4v) is 1.55. The molecule has 1 aromatic carbocycles. The molecule has 0 spiro atoms. The molecule has 92 valence electrons. The number of hydrogen-bond acceptors (Lipinski definition) is 4. The van der Waals surface area contributed by atoms with E-state index >= 15 is 0 Å². The van der Waals surface area contributed by atoms with Gasteiger partial charge in [-0.2, -0.15) is 5.26 Å².